The molecule has 0 aromatic rings. The summed E-state index contributed by atoms with van der Waals surface area (Å²) >= 11 is 0. The van der Waals surface area contributed by atoms with Crippen molar-refractivity contribution in [2.75, 3.05) is 0 Å². The van der Waals surface area contributed by atoms with E-state index in [1.807, 2.05) is 0 Å². The molecule has 0 aliphatic heterocycles. The summed E-state index contributed by atoms with van der Waals surface area (Å²) in [7, 11) is 0. The van der Waals surface area contributed by atoms with Gasteiger partial charge in [-0.2, -0.15) is 0 Å². The van der Waals surface area contributed by atoms with Crippen molar-refractivity contribution in [1.29, 1.82) is 0 Å². The molecule has 0 amide bonds. The van der Waals surface area contributed by atoms with Gasteiger partial charge in [0, 0.05) is 32.7 Å². The fourth-order valence-corrected chi connectivity index (χ4v) is 18.4. The van der Waals surface area contributed by atoms with Crippen LogP contribution in [0.5, 0.6) is 0 Å². The molecule has 0 nitrogen and oxygen atoms in total. The van der Waals surface area contributed by atoms with Gasteiger partial charge in [0.15, 0.2) is 0 Å². The average Bonchev–Trinajstić information content (AvgIpc) is 3.66. The van der Waals surface area contributed by atoms with Gasteiger partial charge in [-0.05, 0) is 206 Å². The van der Waals surface area contributed by atoms with Crippen molar-refractivity contribution in [3.8, 4) is 0 Å². The van der Waals surface area contributed by atoms with Crippen LogP contribution in [0.25, 0.3) is 0 Å². The molecule has 0 aromatic carbocycles. The molecule has 0 saturated heterocycles. The van der Waals surface area contributed by atoms with Gasteiger partial charge < -0.3 is 0 Å². The zero-order valence-corrected chi connectivity index (χ0v) is 64.1. The first-order chi connectivity index (χ1) is 33.7. The molecule has 0 aromatic heterocycles. The normalized spacial score (nSPS) is 34.1. The topological polar surface area (TPSA) is 0 Å². The van der Waals surface area contributed by atoms with E-state index in [1.165, 1.54) is 83.5 Å². The van der Waals surface area contributed by atoms with Gasteiger partial charge in [0.25, 0.3) is 0 Å². The Bertz CT molecular complexity index is 1680. The van der Waals surface area contributed by atoms with E-state index in [0.29, 0.717) is 92.1 Å². The molecular formula is C79H158Y. The van der Waals surface area contributed by atoms with Crippen molar-refractivity contribution in [2.45, 2.75) is 380 Å². The van der Waals surface area contributed by atoms with E-state index in [-0.39, 0.29) is 47.6 Å². The first-order valence-corrected chi connectivity index (χ1v) is 33.4. The fourth-order valence-electron chi connectivity index (χ4n) is 18.4. The molecule has 0 N–H and O–H groups in total. The Morgan fingerprint density at radius 1 is 0.300 bits per heavy atom. The third-order valence-corrected chi connectivity index (χ3v) is 28.2. The summed E-state index contributed by atoms with van der Waals surface area (Å²) in [5.74, 6) is 4.46. The maximum Gasteiger partial charge on any atom is 0 e. The quantitative estimate of drug-likeness (QED) is 0.212. The van der Waals surface area contributed by atoms with Crippen LogP contribution in [0.2, 0.25) is 0 Å². The van der Waals surface area contributed by atoms with E-state index in [4.69, 9.17) is 0 Å². The second-order valence-electron chi connectivity index (χ2n) is 40.0. The van der Waals surface area contributed by atoms with Crippen LogP contribution in [-0.4, -0.2) is 0 Å². The molecule has 477 valence electrons. The zero-order valence-electron chi connectivity index (χ0n) is 61.3. The summed E-state index contributed by atoms with van der Waals surface area (Å²) < 4.78 is 0. The molecule has 6 bridgehead atoms. The summed E-state index contributed by atoms with van der Waals surface area (Å²) in [4.78, 5) is 0. The monoisotopic (exact) mass is 1200 g/mol. The molecule has 9 fully saturated rings. The van der Waals surface area contributed by atoms with Gasteiger partial charge in [-0.3, -0.25) is 0 Å². The Kier molecular flexibility index (Phi) is 28.3. The Morgan fingerprint density at radius 2 is 0.525 bits per heavy atom. The van der Waals surface area contributed by atoms with Gasteiger partial charge in [-0.15, -0.1) is 0 Å². The SMILES string of the molecule is C.C.CC(C)(C)C.CC(C)(C)C.CC1(C)C(C)(C)C2(C)C(C)(C)C(C)(C)C1(C)C2(C)C.CC1(C)C2CC3CC(C2)CC1C3.CC1(C)C=CCCC1.CC1(C)CCCC1(C)C.CC1(C)CCCC1(C)C.CC1(C)CCCCC1(C)C.[Y]. The van der Waals surface area contributed by atoms with Crippen LogP contribution >= 0.6 is 0 Å². The van der Waals surface area contributed by atoms with Crippen molar-refractivity contribution in [3.63, 3.8) is 0 Å². The summed E-state index contributed by atoms with van der Waals surface area (Å²) in [5, 5.41) is 0. The van der Waals surface area contributed by atoms with Crippen molar-refractivity contribution in [3.05, 3.63) is 12.2 Å². The summed E-state index contributed by atoms with van der Waals surface area (Å²) in [6.07, 6.45) is 30.8. The maximum atomic E-state index is 2.58. The van der Waals surface area contributed by atoms with Crippen LogP contribution in [0.1, 0.15) is 380 Å². The molecule has 80 heavy (non-hydrogen) atoms. The predicted molar refractivity (Wildman–Crippen MR) is 365 cm³/mol. The number of hydrogen-bond acceptors (Lipinski definition) is 0. The van der Waals surface area contributed by atoms with Gasteiger partial charge in [-0.1, -0.05) is 302 Å². The summed E-state index contributed by atoms with van der Waals surface area (Å²) in [6, 6.07) is 0. The largest absolute Gasteiger partial charge is 0.0880 e. The van der Waals surface area contributed by atoms with E-state index >= 15 is 0 Å². The number of rotatable bonds is 0. The first-order valence-electron chi connectivity index (χ1n) is 33.4. The van der Waals surface area contributed by atoms with Gasteiger partial charge in [0.2, 0.25) is 0 Å². The first kappa shape index (κ1) is 82.9. The number of allylic oxidation sites excluding steroid dienone is 2. The molecule has 0 unspecified atom stereocenters. The minimum atomic E-state index is 0. The molecule has 0 heterocycles. The van der Waals surface area contributed by atoms with E-state index < -0.39 is 0 Å². The molecule has 10 aliphatic carbocycles. The van der Waals surface area contributed by atoms with E-state index in [0.717, 1.165) is 23.7 Å². The molecule has 9 saturated carbocycles. The minimum Gasteiger partial charge on any atom is -0.0880 e. The van der Waals surface area contributed by atoms with Gasteiger partial charge in [0.05, 0.1) is 0 Å². The van der Waals surface area contributed by atoms with Crippen LogP contribution in [-0.2, 0) is 32.7 Å². The van der Waals surface area contributed by atoms with Crippen LogP contribution in [0.15, 0.2) is 12.2 Å². The van der Waals surface area contributed by atoms with Crippen molar-refractivity contribution >= 4 is 0 Å². The van der Waals surface area contributed by atoms with Gasteiger partial charge in [-0.25, -0.2) is 0 Å². The minimum absolute atomic E-state index is 0. The predicted octanol–water partition coefficient (Wildman–Crippen LogP) is 27.8. The third kappa shape index (κ3) is 17.2. The van der Waals surface area contributed by atoms with Crippen molar-refractivity contribution in [2.24, 2.45) is 116 Å². The van der Waals surface area contributed by atoms with Crippen LogP contribution in [0.4, 0.5) is 0 Å². The van der Waals surface area contributed by atoms with E-state index in [1.54, 1.807) is 32.1 Å². The van der Waals surface area contributed by atoms with Gasteiger partial charge >= 0.3 is 0 Å². The van der Waals surface area contributed by atoms with Crippen LogP contribution in [0.3, 0.4) is 0 Å². The molecule has 10 aliphatic rings. The smallest absolute Gasteiger partial charge is 0 e. The maximum absolute atomic E-state index is 2.58. The summed E-state index contributed by atoms with van der Waals surface area (Å²) in [6.45, 7) is 86.3. The molecule has 10 rings (SSSR count). The Hall–Kier alpha value is 0.844. The van der Waals surface area contributed by atoms with Crippen molar-refractivity contribution in [1.82, 2.24) is 0 Å². The van der Waals surface area contributed by atoms with Crippen molar-refractivity contribution < 1.29 is 32.7 Å². The molecular weight excluding hydrogens is 1040 g/mol. The number of fused-ring (bicyclic) bond motifs is 2. The third-order valence-electron chi connectivity index (χ3n) is 28.2. The van der Waals surface area contributed by atoms with Crippen LogP contribution in [0, 0.1) is 116 Å². The standard InChI is InChI=1S/C19H36.C12H20.C10H20.2C9H18.C8H14.2C5H12.2CH4.Y/c1-13(2)14(3,4)19(12)16(7,8)15(5,6)18(13,11)17(19,9)10;1-12(2)10-4-8-3-9(6-10)7-11(12)5-8;1-9(2)7-5-6-8-10(9,3)4;2*1-8(2)6-5-7-9(8,3)4;1-8(2)6-4-3-5-7-8;2*1-5(2,3)4;;;/h1-12H3;8-11H,3-7H2,1-2H3;5-8H2,1-4H3;2*5-7H2,1-4H3;4,6H,3,5,7H2,1-2H3;2*1-4H3;2*1H4;. The molecule has 1 heteroatoms. The van der Waals surface area contributed by atoms with Crippen LogP contribution < -0.4 is 0 Å². The second-order valence-corrected chi connectivity index (χ2v) is 40.0. The fraction of sp³-hybridized carbons (Fsp3) is 0.975. The summed E-state index contributed by atoms with van der Waals surface area (Å²) in [5.41, 5.74) is 8.02. The Morgan fingerprint density at radius 3 is 0.675 bits per heavy atom. The zero-order chi connectivity index (χ0) is 61.0. The second kappa shape index (κ2) is 27.3. The van der Waals surface area contributed by atoms with Gasteiger partial charge in [0.1, 0.15) is 0 Å². The Balaban J connectivity index is 0. The average molecular weight is 1200 g/mol. The Labute approximate surface area is 536 Å². The number of hydrogen-bond donors (Lipinski definition) is 0. The molecule has 1 radical (unpaired) electrons. The molecule has 0 spiro atoms. The van der Waals surface area contributed by atoms with E-state index in [9.17, 15) is 0 Å². The molecule has 0 atom stereocenters. The van der Waals surface area contributed by atoms with E-state index in [2.05, 4.69) is 261 Å².